The molecular weight excluding hydrogens is 124 g/mol. The Balaban J connectivity index is 3.56. The number of hydrogen-bond donors (Lipinski definition) is 1. The normalized spacial score (nSPS) is 17.1. The minimum absolute atomic E-state index is 0.695. The molecule has 0 aromatic carbocycles. The van der Waals surface area contributed by atoms with Crippen LogP contribution < -0.4 is 0 Å². The predicted molar refractivity (Wildman–Crippen MR) is 44.9 cm³/mol. The maximum absolute atomic E-state index is 9.40. The molecule has 1 N–H and O–H groups in total. The average molecular weight is 140 g/mol. The molecule has 10 heavy (non-hydrogen) atoms. The lowest BCUT2D eigenvalue weighted by atomic mass is 10.0. The molecule has 0 amide bonds. The molecule has 1 heteroatoms. The van der Waals surface area contributed by atoms with Gasteiger partial charge in [0.05, 0.1) is 5.60 Å². The van der Waals surface area contributed by atoms with Crippen molar-refractivity contribution < 1.29 is 5.11 Å². The number of rotatable bonds is 4. The molecule has 58 valence electrons. The van der Waals surface area contributed by atoms with Crippen molar-refractivity contribution in [2.24, 2.45) is 0 Å². The van der Waals surface area contributed by atoms with Gasteiger partial charge in [-0.05, 0) is 26.7 Å². The van der Waals surface area contributed by atoms with Gasteiger partial charge in [0.25, 0.3) is 0 Å². The lowest BCUT2D eigenvalue weighted by molar-refractivity contribution is 0.103. The summed E-state index contributed by atoms with van der Waals surface area (Å²) in [4.78, 5) is 0. The van der Waals surface area contributed by atoms with Gasteiger partial charge in [0.2, 0.25) is 0 Å². The summed E-state index contributed by atoms with van der Waals surface area (Å²) in [7, 11) is 0. The van der Waals surface area contributed by atoms with Gasteiger partial charge >= 0.3 is 0 Å². The van der Waals surface area contributed by atoms with E-state index in [0.29, 0.717) is 0 Å². The fourth-order valence-corrected chi connectivity index (χ4v) is 0.644. The largest absolute Gasteiger partial charge is 0.386 e. The Kier molecular flexibility index (Phi) is 4.05. The molecule has 0 bridgehead atoms. The van der Waals surface area contributed by atoms with Gasteiger partial charge in [-0.25, -0.2) is 0 Å². The summed E-state index contributed by atoms with van der Waals surface area (Å²) >= 11 is 0. The van der Waals surface area contributed by atoms with E-state index < -0.39 is 5.60 Å². The van der Waals surface area contributed by atoms with Crippen LogP contribution in [0, 0.1) is 0 Å². The summed E-state index contributed by atoms with van der Waals surface area (Å²) in [6, 6.07) is 0. The predicted octanol–water partition coefficient (Wildman–Crippen LogP) is 2.28. The summed E-state index contributed by atoms with van der Waals surface area (Å²) in [5, 5.41) is 9.40. The van der Waals surface area contributed by atoms with Crippen molar-refractivity contribution in [1.29, 1.82) is 0 Å². The van der Waals surface area contributed by atoms with Crippen molar-refractivity contribution >= 4 is 0 Å². The first-order chi connectivity index (χ1) is 4.62. The van der Waals surface area contributed by atoms with E-state index in [0.717, 1.165) is 12.8 Å². The highest BCUT2D eigenvalue weighted by atomic mass is 16.3. The van der Waals surface area contributed by atoms with Crippen LogP contribution in [0.3, 0.4) is 0 Å². The van der Waals surface area contributed by atoms with E-state index in [1.54, 1.807) is 13.0 Å². The number of hydrogen-bond acceptors (Lipinski definition) is 1. The van der Waals surface area contributed by atoms with E-state index in [1.165, 1.54) is 0 Å². The molecule has 1 unspecified atom stereocenters. The van der Waals surface area contributed by atoms with Crippen molar-refractivity contribution in [3.8, 4) is 0 Å². The highest BCUT2D eigenvalue weighted by molar-refractivity contribution is 4.93. The zero-order valence-corrected chi connectivity index (χ0v) is 6.80. The summed E-state index contributed by atoms with van der Waals surface area (Å²) < 4.78 is 0. The first-order valence-electron chi connectivity index (χ1n) is 3.59. The third-order valence-corrected chi connectivity index (χ3v) is 1.49. The Labute approximate surface area is 63.1 Å². The van der Waals surface area contributed by atoms with Crippen LogP contribution in [-0.2, 0) is 0 Å². The van der Waals surface area contributed by atoms with Crippen LogP contribution in [0.5, 0.6) is 0 Å². The van der Waals surface area contributed by atoms with Gasteiger partial charge < -0.3 is 5.11 Å². The first-order valence-corrected chi connectivity index (χ1v) is 3.59. The Morgan fingerprint density at radius 2 is 2.20 bits per heavy atom. The van der Waals surface area contributed by atoms with Gasteiger partial charge in [0.15, 0.2) is 0 Å². The Morgan fingerprint density at radius 3 is 2.60 bits per heavy atom. The van der Waals surface area contributed by atoms with Crippen LogP contribution in [0.25, 0.3) is 0 Å². The van der Waals surface area contributed by atoms with Crippen LogP contribution in [0.4, 0.5) is 0 Å². The SMILES string of the molecule is C=CC(C)(O)CC/C=C/C. The Morgan fingerprint density at radius 1 is 1.60 bits per heavy atom. The molecule has 0 saturated carbocycles. The molecule has 0 aromatic rings. The van der Waals surface area contributed by atoms with Crippen molar-refractivity contribution in [2.45, 2.75) is 32.3 Å². The van der Waals surface area contributed by atoms with Gasteiger partial charge in [-0.15, -0.1) is 6.58 Å². The smallest absolute Gasteiger partial charge is 0.0800 e. The van der Waals surface area contributed by atoms with Crippen molar-refractivity contribution in [3.63, 3.8) is 0 Å². The van der Waals surface area contributed by atoms with Crippen LogP contribution in [0.2, 0.25) is 0 Å². The van der Waals surface area contributed by atoms with Crippen LogP contribution >= 0.6 is 0 Å². The number of allylic oxidation sites excluding steroid dienone is 2. The summed E-state index contributed by atoms with van der Waals surface area (Å²) in [5.74, 6) is 0. The molecule has 0 aliphatic rings. The monoisotopic (exact) mass is 140 g/mol. The highest BCUT2D eigenvalue weighted by Gasteiger charge is 2.12. The maximum atomic E-state index is 9.40. The third-order valence-electron chi connectivity index (χ3n) is 1.49. The molecule has 0 rings (SSSR count). The van der Waals surface area contributed by atoms with Crippen LogP contribution in [-0.4, -0.2) is 10.7 Å². The topological polar surface area (TPSA) is 20.2 Å². The minimum Gasteiger partial charge on any atom is -0.386 e. The summed E-state index contributed by atoms with van der Waals surface area (Å²) in [5.41, 5.74) is -0.695. The molecule has 0 spiro atoms. The molecule has 0 aromatic heterocycles. The molecule has 1 atom stereocenters. The lowest BCUT2D eigenvalue weighted by Gasteiger charge is -2.16. The van der Waals surface area contributed by atoms with E-state index in [4.69, 9.17) is 0 Å². The van der Waals surface area contributed by atoms with Crippen molar-refractivity contribution in [2.75, 3.05) is 0 Å². The fraction of sp³-hybridized carbons (Fsp3) is 0.556. The average Bonchev–Trinajstić information content (AvgIpc) is 1.89. The minimum atomic E-state index is -0.695. The van der Waals surface area contributed by atoms with E-state index in [9.17, 15) is 5.11 Å². The molecule has 0 saturated heterocycles. The molecule has 0 aliphatic heterocycles. The molecule has 0 aliphatic carbocycles. The van der Waals surface area contributed by atoms with E-state index in [1.807, 2.05) is 19.1 Å². The quantitative estimate of drug-likeness (QED) is 0.594. The molecule has 0 fully saturated rings. The zero-order chi connectivity index (χ0) is 8.04. The third kappa shape index (κ3) is 4.33. The highest BCUT2D eigenvalue weighted by Crippen LogP contribution is 2.12. The Hall–Kier alpha value is -0.560. The maximum Gasteiger partial charge on any atom is 0.0800 e. The van der Waals surface area contributed by atoms with E-state index in [-0.39, 0.29) is 0 Å². The van der Waals surface area contributed by atoms with Gasteiger partial charge in [0.1, 0.15) is 0 Å². The van der Waals surface area contributed by atoms with Gasteiger partial charge in [-0.2, -0.15) is 0 Å². The zero-order valence-electron chi connectivity index (χ0n) is 6.80. The van der Waals surface area contributed by atoms with Crippen molar-refractivity contribution in [3.05, 3.63) is 24.8 Å². The second kappa shape index (κ2) is 4.29. The molecular formula is C9H16O. The van der Waals surface area contributed by atoms with Gasteiger partial charge in [0, 0.05) is 0 Å². The first kappa shape index (κ1) is 9.44. The molecule has 1 nitrogen and oxygen atoms in total. The standard InChI is InChI=1S/C9H16O/c1-4-6-7-8-9(3,10)5-2/h4-6,10H,2,7-8H2,1,3H3/b6-4+. The summed E-state index contributed by atoms with van der Waals surface area (Å²) in [6.45, 7) is 7.28. The van der Waals surface area contributed by atoms with Gasteiger partial charge in [-0.1, -0.05) is 18.2 Å². The number of aliphatic hydroxyl groups is 1. The van der Waals surface area contributed by atoms with Crippen LogP contribution in [0.1, 0.15) is 26.7 Å². The van der Waals surface area contributed by atoms with Crippen LogP contribution in [0.15, 0.2) is 24.8 Å². The van der Waals surface area contributed by atoms with Crippen molar-refractivity contribution in [1.82, 2.24) is 0 Å². The van der Waals surface area contributed by atoms with E-state index in [2.05, 4.69) is 6.58 Å². The lowest BCUT2D eigenvalue weighted by Crippen LogP contribution is -2.19. The van der Waals surface area contributed by atoms with Gasteiger partial charge in [-0.3, -0.25) is 0 Å². The molecule has 0 radical (unpaired) electrons. The fourth-order valence-electron chi connectivity index (χ4n) is 0.644. The second-order valence-corrected chi connectivity index (χ2v) is 2.67. The summed E-state index contributed by atoms with van der Waals surface area (Å²) in [6.07, 6.45) is 7.27. The molecule has 0 heterocycles. The Bertz CT molecular complexity index is 123. The second-order valence-electron chi connectivity index (χ2n) is 2.67. The van der Waals surface area contributed by atoms with E-state index >= 15 is 0 Å².